The van der Waals surface area contributed by atoms with Crippen LogP contribution in [0.2, 0.25) is 0 Å². The molecule has 0 aliphatic carbocycles. The van der Waals surface area contributed by atoms with Crippen LogP contribution >= 0.6 is 0 Å². The predicted octanol–water partition coefficient (Wildman–Crippen LogP) is 1.03. The molecule has 2 rings (SSSR count). The number of hydrogen-bond acceptors (Lipinski definition) is 4. The third kappa shape index (κ3) is 6.96. The van der Waals surface area contributed by atoms with Gasteiger partial charge in [0, 0.05) is 38.8 Å². The van der Waals surface area contributed by atoms with Crippen LogP contribution in [0.1, 0.15) is 17.5 Å². The molecule has 2 N–H and O–H groups in total. The molecule has 0 unspecified atom stereocenters. The Bertz CT molecular complexity index is 785. The number of hydrogen-bond donors (Lipinski definition) is 2. The highest BCUT2D eigenvalue weighted by molar-refractivity contribution is 7.90. The minimum atomic E-state index is -2.92. The fraction of sp³-hybridized carbons (Fsp3) is 0.412. The monoisotopic (exact) mass is 363 g/mol. The Hall–Kier alpha value is -2.35. The first-order valence-electron chi connectivity index (χ1n) is 8.14. The van der Waals surface area contributed by atoms with Gasteiger partial charge in [-0.05, 0) is 23.6 Å². The van der Waals surface area contributed by atoms with Gasteiger partial charge in [-0.3, -0.25) is 9.67 Å². The van der Waals surface area contributed by atoms with Crippen molar-refractivity contribution in [3.05, 3.63) is 53.9 Å². The maximum Gasteiger partial charge on any atom is 0.191 e. The zero-order chi connectivity index (χ0) is 18.1. The molecule has 25 heavy (non-hydrogen) atoms. The van der Waals surface area contributed by atoms with Gasteiger partial charge in [0.25, 0.3) is 0 Å². The molecule has 1 heterocycles. The van der Waals surface area contributed by atoms with Crippen molar-refractivity contribution in [1.29, 1.82) is 0 Å². The van der Waals surface area contributed by atoms with E-state index in [1.165, 1.54) is 11.8 Å². The number of nitrogens with one attached hydrogen (secondary N) is 2. The van der Waals surface area contributed by atoms with Crippen LogP contribution in [0.4, 0.5) is 0 Å². The van der Waals surface area contributed by atoms with E-state index in [9.17, 15) is 8.42 Å². The van der Waals surface area contributed by atoms with Gasteiger partial charge in [0.2, 0.25) is 0 Å². The van der Waals surface area contributed by atoms with Crippen molar-refractivity contribution in [2.45, 2.75) is 19.5 Å². The van der Waals surface area contributed by atoms with Crippen LogP contribution in [0.3, 0.4) is 0 Å². The summed E-state index contributed by atoms with van der Waals surface area (Å²) >= 11 is 0. The lowest BCUT2D eigenvalue weighted by Crippen LogP contribution is -2.38. The molecule has 0 atom stereocenters. The zero-order valence-electron chi connectivity index (χ0n) is 14.6. The summed E-state index contributed by atoms with van der Waals surface area (Å²) in [7, 11) is -1.23. The Morgan fingerprint density at radius 2 is 1.96 bits per heavy atom. The van der Waals surface area contributed by atoms with E-state index >= 15 is 0 Å². The van der Waals surface area contributed by atoms with E-state index in [0.29, 0.717) is 32.0 Å². The molecule has 8 heteroatoms. The van der Waals surface area contributed by atoms with Crippen molar-refractivity contribution in [2.24, 2.45) is 4.99 Å². The van der Waals surface area contributed by atoms with Gasteiger partial charge in [0.1, 0.15) is 9.84 Å². The summed E-state index contributed by atoms with van der Waals surface area (Å²) in [4.78, 5) is 4.17. The fourth-order valence-electron chi connectivity index (χ4n) is 2.39. The van der Waals surface area contributed by atoms with E-state index in [0.717, 1.165) is 5.56 Å². The molecule has 0 saturated heterocycles. The maximum absolute atomic E-state index is 11.1. The first kappa shape index (κ1) is 19.0. The molecule has 0 fully saturated rings. The van der Waals surface area contributed by atoms with Gasteiger partial charge in [-0.1, -0.05) is 24.3 Å². The summed E-state index contributed by atoms with van der Waals surface area (Å²) < 4.78 is 24.2. The van der Waals surface area contributed by atoms with Crippen molar-refractivity contribution in [3.63, 3.8) is 0 Å². The third-order valence-corrected chi connectivity index (χ3v) is 4.69. The number of sulfone groups is 1. The second-order valence-electron chi connectivity index (χ2n) is 5.81. The largest absolute Gasteiger partial charge is 0.356 e. The summed E-state index contributed by atoms with van der Waals surface area (Å²) in [6.45, 7) is 1.90. The molecule has 1 aromatic carbocycles. The summed E-state index contributed by atoms with van der Waals surface area (Å²) in [5.41, 5.74) is 2.35. The highest BCUT2D eigenvalue weighted by Gasteiger charge is 2.05. The topological polar surface area (TPSA) is 88.4 Å². The molecule has 0 spiro atoms. The van der Waals surface area contributed by atoms with Crippen molar-refractivity contribution >= 4 is 15.8 Å². The second kappa shape index (κ2) is 9.22. The van der Waals surface area contributed by atoms with Crippen LogP contribution in [0.15, 0.2) is 47.7 Å². The predicted molar refractivity (Wildman–Crippen MR) is 100 cm³/mol. The van der Waals surface area contributed by atoms with E-state index in [1.807, 2.05) is 29.1 Å². The quantitative estimate of drug-likeness (QED) is 0.415. The molecule has 0 bridgehead atoms. The van der Waals surface area contributed by atoms with Gasteiger partial charge in [0.15, 0.2) is 5.96 Å². The Labute approximate surface area is 149 Å². The lowest BCUT2D eigenvalue weighted by Gasteiger charge is -2.14. The minimum Gasteiger partial charge on any atom is -0.356 e. The van der Waals surface area contributed by atoms with E-state index in [-0.39, 0.29) is 5.75 Å². The van der Waals surface area contributed by atoms with Crippen molar-refractivity contribution in [3.8, 4) is 0 Å². The molecule has 1 aromatic heterocycles. The molecular weight excluding hydrogens is 338 g/mol. The molecule has 136 valence electrons. The van der Waals surface area contributed by atoms with Gasteiger partial charge < -0.3 is 10.6 Å². The highest BCUT2D eigenvalue weighted by atomic mass is 32.2. The van der Waals surface area contributed by atoms with Crippen molar-refractivity contribution in [2.75, 3.05) is 25.6 Å². The van der Waals surface area contributed by atoms with Crippen LogP contribution in [-0.4, -0.2) is 49.8 Å². The number of aliphatic imine (C=N–C) groups is 1. The minimum absolute atomic E-state index is 0.170. The van der Waals surface area contributed by atoms with Gasteiger partial charge in [-0.15, -0.1) is 0 Å². The van der Waals surface area contributed by atoms with E-state index in [2.05, 4.69) is 32.9 Å². The van der Waals surface area contributed by atoms with E-state index < -0.39 is 9.84 Å². The first-order valence-corrected chi connectivity index (χ1v) is 10.2. The Balaban J connectivity index is 1.87. The molecular formula is C17H25N5O2S. The lowest BCUT2D eigenvalue weighted by molar-refractivity contribution is 0.598. The van der Waals surface area contributed by atoms with Crippen LogP contribution < -0.4 is 10.6 Å². The molecule has 0 radical (unpaired) electrons. The standard InChI is InChI=1S/C17H25N5O2S/c1-18-17(19-9-6-12-25(2,23)24)20-13-15-7-3-4-8-16(15)14-22-11-5-10-21-22/h3-5,7-8,10-11H,6,9,12-14H2,1-2H3,(H2,18,19,20). The normalized spacial score (nSPS) is 12.2. The summed E-state index contributed by atoms with van der Waals surface area (Å²) in [5.74, 6) is 0.825. The van der Waals surface area contributed by atoms with Crippen LogP contribution in [0, 0.1) is 0 Å². The van der Waals surface area contributed by atoms with E-state index in [1.54, 1.807) is 13.2 Å². The molecule has 0 saturated carbocycles. The van der Waals surface area contributed by atoms with Crippen molar-refractivity contribution < 1.29 is 8.42 Å². The number of benzene rings is 1. The SMILES string of the molecule is CN=C(NCCCS(C)(=O)=O)NCc1ccccc1Cn1cccn1. The van der Waals surface area contributed by atoms with Gasteiger partial charge in [0.05, 0.1) is 12.3 Å². The van der Waals surface area contributed by atoms with Gasteiger partial charge in [-0.25, -0.2) is 8.42 Å². The Kier molecular flexibility index (Phi) is 7.00. The lowest BCUT2D eigenvalue weighted by atomic mass is 10.1. The fourth-order valence-corrected chi connectivity index (χ4v) is 3.06. The maximum atomic E-state index is 11.1. The van der Waals surface area contributed by atoms with E-state index in [4.69, 9.17) is 0 Å². The summed E-state index contributed by atoms with van der Waals surface area (Å²) in [6.07, 6.45) is 5.50. The van der Waals surface area contributed by atoms with Crippen LogP contribution in [0.25, 0.3) is 0 Å². The summed E-state index contributed by atoms with van der Waals surface area (Å²) in [5, 5.41) is 10.6. The second-order valence-corrected chi connectivity index (χ2v) is 8.07. The highest BCUT2D eigenvalue weighted by Crippen LogP contribution is 2.10. The molecule has 0 aliphatic rings. The Morgan fingerprint density at radius 1 is 1.20 bits per heavy atom. The number of aromatic nitrogens is 2. The molecule has 0 aliphatic heterocycles. The Morgan fingerprint density at radius 3 is 2.60 bits per heavy atom. The molecule has 7 nitrogen and oxygen atoms in total. The smallest absolute Gasteiger partial charge is 0.191 e. The number of rotatable bonds is 8. The van der Waals surface area contributed by atoms with Crippen LogP contribution in [0.5, 0.6) is 0 Å². The number of guanidine groups is 1. The van der Waals surface area contributed by atoms with Gasteiger partial charge in [-0.2, -0.15) is 5.10 Å². The average Bonchev–Trinajstić information content (AvgIpc) is 3.07. The summed E-state index contributed by atoms with van der Waals surface area (Å²) in [6, 6.07) is 10.1. The molecule has 0 amide bonds. The number of nitrogens with zero attached hydrogens (tertiary/aromatic N) is 3. The van der Waals surface area contributed by atoms with Crippen LogP contribution in [-0.2, 0) is 22.9 Å². The average molecular weight is 363 g/mol. The van der Waals surface area contributed by atoms with Crippen molar-refractivity contribution in [1.82, 2.24) is 20.4 Å². The van der Waals surface area contributed by atoms with Gasteiger partial charge >= 0.3 is 0 Å². The first-order chi connectivity index (χ1) is 12.0. The molecule has 2 aromatic rings. The zero-order valence-corrected chi connectivity index (χ0v) is 15.5. The third-order valence-electron chi connectivity index (χ3n) is 3.66.